The normalized spacial score (nSPS) is 31.0. The summed E-state index contributed by atoms with van der Waals surface area (Å²) in [6.07, 6.45) is 1.83. The largest absolute Gasteiger partial charge is 0.492 e. The van der Waals surface area contributed by atoms with Crippen molar-refractivity contribution in [3.05, 3.63) is 11.3 Å². The van der Waals surface area contributed by atoms with Gasteiger partial charge < -0.3 is 10.5 Å². The lowest BCUT2D eigenvalue weighted by Gasteiger charge is -2.46. The molecule has 0 spiro atoms. The quantitative estimate of drug-likeness (QED) is 0.768. The van der Waals surface area contributed by atoms with Gasteiger partial charge in [0.25, 0.3) is 0 Å². The van der Waals surface area contributed by atoms with Crippen molar-refractivity contribution in [2.75, 3.05) is 0 Å². The number of nitriles is 3. The Balaban J connectivity index is 2.84. The van der Waals surface area contributed by atoms with Crippen LogP contribution >= 0.6 is 0 Å². The molecule has 0 unspecified atom stereocenters. The van der Waals surface area contributed by atoms with E-state index in [1.165, 1.54) is 6.92 Å². The van der Waals surface area contributed by atoms with Crippen molar-refractivity contribution < 1.29 is 9.53 Å². The van der Waals surface area contributed by atoms with Crippen LogP contribution in [0.5, 0.6) is 0 Å². The minimum atomic E-state index is -1.93. The van der Waals surface area contributed by atoms with Crippen LogP contribution in [0, 0.1) is 44.8 Å². The SMILES string of the molecule is C[C@@H]1OC2=C(CCCC2)[C@@](C#N)(C(N)=O)C1(C#N)C#N. The molecule has 6 nitrogen and oxygen atoms in total. The Morgan fingerprint density at radius 1 is 1.25 bits per heavy atom. The highest BCUT2D eigenvalue weighted by Gasteiger charge is 2.67. The zero-order valence-electron chi connectivity index (χ0n) is 11.1. The van der Waals surface area contributed by atoms with Gasteiger partial charge in [0.1, 0.15) is 6.10 Å². The lowest BCUT2D eigenvalue weighted by Crippen LogP contribution is -2.58. The number of carbonyl (C=O) groups is 1. The second-order valence-corrected chi connectivity index (χ2v) is 5.13. The van der Waals surface area contributed by atoms with Gasteiger partial charge >= 0.3 is 0 Å². The van der Waals surface area contributed by atoms with Crippen LogP contribution in [0.3, 0.4) is 0 Å². The molecule has 2 rings (SSSR count). The number of hydrogen-bond donors (Lipinski definition) is 1. The van der Waals surface area contributed by atoms with Crippen LogP contribution < -0.4 is 5.73 Å². The second-order valence-electron chi connectivity index (χ2n) is 5.13. The van der Waals surface area contributed by atoms with Crippen molar-refractivity contribution in [1.29, 1.82) is 15.8 Å². The smallest absolute Gasteiger partial charge is 0.245 e. The summed E-state index contributed by atoms with van der Waals surface area (Å²) in [5.41, 5.74) is 2.03. The van der Waals surface area contributed by atoms with Gasteiger partial charge in [-0.1, -0.05) is 0 Å². The number of rotatable bonds is 1. The Hall–Kier alpha value is -2.52. The van der Waals surface area contributed by atoms with E-state index < -0.39 is 22.8 Å². The summed E-state index contributed by atoms with van der Waals surface area (Å²) in [5, 5.41) is 28.6. The molecule has 1 heterocycles. The lowest BCUT2D eigenvalue weighted by atomic mass is 9.55. The Labute approximate surface area is 117 Å². The van der Waals surface area contributed by atoms with Gasteiger partial charge in [-0.15, -0.1) is 0 Å². The van der Waals surface area contributed by atoms with Crippen molar-refractivity contribution >= 4 is 5.91 Å². The van der Waals surface area contributed by atoms with Crippen molar-refractivity contribution in [3.63, 3.8) is 0 Å². The average Bonchev–Trinajstić information content (AvgIpc) is 2.45. The molecule has 6 heteroatoms. The third-order valence-corrected chi connectivity index (χ3v) is 4.28. The average molecular weight is 270 g/mol. The zero-order chi connectivity index (χ0) is 15.0. The molecular weight excluding hydrogens is 256 g/mol. The number of ether oxygens (including phenoxy) is 1. The van der Waals surface area contributed by atoms with Gasteiger partial charge in [0.15, 0.2) is 5.41 Å². The molecule has 2 atom stereocenters. The fourth-order valence-corrected chi connectivity index (χ4v) is 3.18. The molecule has 0 aromatic carbocycles. The van der Waals surface area contributed by atoms with Gasteiger partial charge in [-0.25, -0.2) is 0 Å². The summed E-state index contributed by atoms with van der Waals surface area (Å²) < 4.78 is 5.67. The third kappa shape index (κ3) is 1.38. The summed E-state index contributed by atoms with van der Waals surface area (Å²) in [4.78, 5) is 12.0. The predicted octanol–water partition coefficient (Wildman–Crippen LogP) is 1.26. The van der Waals surface area contributed by atoms with Gasteiger partial charge in [-0.2, -0.15) is 15.8 Å². The molecule has 0 aromatic rings. The van der Waals surface area contributed by atoms with Gasteiger partial charge in [0.05, 0.1) is 24.0 Å². The van der Waals surface area contributed by atoms with E-state index in [2.05, 4.69) is 0 Å². The summed E-state index contributed by atoms with van der Waals surface area (Å²) in [5.74, 6) is -0.405. The van der Waals surface area contributed by atoms with Gasteiger partial charge in [-0.3, -0.25) is 4.79 Å². The molecule has 2 aliphatic rings. The standard InChI is InChI=1S/C14H14N4O2/c1-9-13(6-15,7-16)14(8-17,12(18)19)10-4-2-3-5-11(10)20-9/h9H,2-5H2,1H3,(H2,18,19)/t9-,14-/m0/s1. The highest BCUT2D eigenvalue weighted by molar-refractivity contribution is 5.90. The number of nitrogens with zero attached hydrogens (tertiary/aromatic N) is 3. The minimum absolute atomic E-state index is 0.417. The molecule has 0 aromatic heterocycles. The van der Waals surface area contributed by atoms with Crippen molar-refractivity contribution in [1.82, 2.24) is 0 Å². The number of nitrogens with two attached hydrogens (primary N) is 1. The van der Waals surface area contributed by atoms with Crippen LogP contribution in [0.15, 0.2) is 11.3 Å². The van der Waals surface area contributed by atoms with E-state index in [9.17, 15) is 20.6 Å². The number of amides is 1. The maximum atomic E-state index is 12.0. The Bertz CT molecular complexity index is 603. The topological polar surface area (TPSA) is 124 Å². The molecule has 1 aliphatic carbocycles. The van der Waals surface area contributed by atoms with Crippen molar-refractivity contribution in [2.24, 2.45) is 16.6 Å². The van der Waals surface area contributed by atoms with E-state index in [0.29, 0.717) is 24.2 Å². The predicted molar refractivity (Wildman–Crippen MR) is 66.9 cm³/mol. The van der Waals surface area contributed by atoms with Crippen LogP contribution in [-0.4, -0.2) is 12.0 Å². The fourth-order valence-electron chi connectivity index (χ4n) is 3.18. The molecule has 0 bridgehead atoms. The van der Waals surface area contributed by atoms with Gasteiger partial charge in [0.2, 0.25) is 11.3 Å². The first-order valence-electron chi connectivity index (χ1n) is 6.43. The third-order valence-electron chi connectivity index (χ3n) is 4.28. The molecule has 20 heavy (non-hydrogen) atoms. The number of allylic oxidation sites excluding steroid dienone is 1. The Morgan fingerprint density at radius 3 is 2.35 bits per heavy atom. The molecule has 0 radical (unpaired) electrons. The monoisotopic (exact) mass is 270 g/mol. The molecule has 0 saturated carbocycles. The van der Waals surface area contributed by atoms with Crippen LogP contribution in [0.1, 0.15) is 32.6 Å². The summed E-state index contributed by atoms with van der Waals surface area (Å²) in [6, 6.07) is 5.54. The van der Waals surface area contributed by atoms with Gasteiger partial charge in [0, 0.05) is 6.42 Å². The molecule has 1 amide bonds. The molecule has 2 N–H and O–H groups in total. The van der Waals surface area contributed by atoms with Crippen LogP contribution in [0.4, 0.5) is 0 Å². The molecule has 0 fully saturated rings. The summed E-state index contributed by atoms with van der Waals surface area (Å²) in [6.45, 7) is 1.53. The summed E-state index contributed by atoms with van der Waals surface area (Å²) >= 11 is 0. The van der Waals surface area contributed by atoms with E-state index in [0.717, 1.165) is 12.8 Å². The van der Waals surface area contributed by atoms with Crippen LogP contribution in [0.2, 0.25) is 0 Å². The zero-order valence-corrected chi connectivity index (χ0v) is 11.1. The number of carbonyl (C=O) groups excluding carboxylic acids is 1. The van der Waals surface area contributed by atoms with E-state index in [1.54, 1.807) is 0 Å². The lowest BCUT2D eigenvalue weighted by molar-refractivity contribution is -0.131. The van der Waals surface area contributed by atoms with E-state index in [4.69, 9.17) is 10.5 Å². The number of primary amides is 1. The molecule has 1 aliphatic heterocycles. The van der Waals surface area contributed by atoms with E-state index >= 15 is 0 Å². The Kier molecular flexibility index (Phi) is 3.16. The maximum absolute atomic E-state index is 12.0. The van der Waals surface area contributed by atoms with Gasteiger partial charge in [-0.05, 0) is 31.8 Å². The Morgan fingerprint density at radius 2 is 1.85 bits per heavy atom. The van der Waals surface area contributed by atoms with Crippen LogP contribution in [-0.2, 0) is 9.53 Å². The highest BCUT2D eigenvalue weighted by Crippen LogP contribution is 2.55. The molecular formula is C14H14N4O2. The fraction of sp³-hybridized carbons (Fsp3) is 0.571. The van der Waals surface area contributed by atoms with E-state index in [-0.39, 0.29) is 0 Å². The van der Waals surface area contributed by atoms with E-state index in [1.807, 2.05) is 18.2 Å². The van der Waals surface area contributed by atoms with Crippen molar-refractivity contribution in [3.8, 4) is 18.2 Å². The molecule has 0 saturated heterocycles. The molecule has 102 valence electrons. The second kappa shape index (κ2) is 4.54. The maximum Gasteiger partial charge on any atom is 0.245 e. The first-order valence-corrected chi connectivity index (χ1v) is 6.43. The van der Waals surface area contributed by atoms with Crippen molar-refractivity contribution in [2.45, 2.75) is 38.7 Å². The first-order chi connectivity index (χ1) is 9.50. The minimum Gasteiger partial charge on any atom is -0.492 e. The highest BCUT2D eigenvalue weighted by atomic mass is 16.5. The first kappa shape index (κ1) is 13.9. The van der Waals surface area contributed by atoms with Crippen LogP contribution in [0.25, 0.3) is 0 Å². The number of hydrogen-bond acceptors (Lipinski definition) is 5. The summed E-state index contributed by atoms with van der Waals surface area (Å²) in [7, 11) is 0.